The van der Waals surface area contributed by atoms with Crippen molar-refractivity contribution in [3.63, 3.8) is 0 Å². The van der Waals surface area contributed by atoms with E-state index in [1.807, 2.05) is 39.8 Å². The Morgan fingerprint density at radius 1 is 1.33 bits per heavy atom. The number of carbonyl (C=O) groups is 1. The number of amides is 1. The first kappa shape index (κ1) is 20.1. The molecule has 1 aliphatic heterocycles. The van der Waals surface area contributed by atoms with E-state index < -0.39 is 11.4 Å². The zero-order chi connectivity index (χ0) is 19.8. The number of nitrogens with zero attached hydrogens (tertiary/aromatic N) is 2. The number of fused-ring (bicyclic) bond motifs is 1. The quantitative estimate of drug-likeness (QED) is 0.615. The number of hydrogen-bond donors (Lipinski definition) is 1. The second-order valence-corrected chi connectivity index (χ2v) is 10.1. The van der Waals surface area contributed by atoms with Crippen molar-refractivity contribution in [1.29, 1.82) is 0 Å². The summed E-state index contributed by atoms with van der Waals surface area (Å²) in [7, 11) is 0. The predicted octanol–water partition coefficient (Wildman–Crippen LogP) is 4.05. The number of pyridine rings is 1. The van der Waals surface area contributed by atoms with Crippen molar-refractivity contribution in [2.45, 2.75) is 44.9 Å². The highest BCUT2D eigenvalue weighted by molar-refractivity contribution is 7.90. The third-order valence-corrected chi connectivity index (χ3v) is 6.44. The van der Waals surface area contributed by atoms with Crippen molar-refractivity contribution in [2.75, 3.05) is 11.4 Å². The maximum Gasteiger partial charge on any atom is 0.258 e. The van der Waals surface area contributed by atoms with E-state index in [1.165, 1.54) is 0 Å². The first-order valence-electron chi connectivity index (χ1n) is 8.91. The number of aromatic nitrogens is 1. The molecule has 7 heteroatoms. The molecule has 0 radical (unpaired) electrons. The fraction of sp³-hybridized carbons (Fsp3) is 0.400. The first-order valence-corrected chi connectivity index (χ1v) is 10.4. The van der Waals surface area contributed by atoms with Gasteiger partial charge in [0.25, 0.3) is 5.91 Å². The summed E-state index contributed by atoms with van der Waals surface area (Å²) < 4.78 is 15.2. The van der Waals surface area contributed by atoms with E-state index >= 15 is 0 Å². The van der Waals surface area contributed by atoms with Crippen LogP contribution in [0.2, 0.25) is 5.15 Å². The Hall–Kier alpha value is -1.60. The zero-order valence-electron chi connectivity index (χ0n) is 16.0. The number of carbonyl (C=O) groups excluding carboxylic acids is 1. The maximum atomic E-state index is 12.8. The van der Waals surface area contributed by atoms with Crippen LogP contribution in [-0.2, 0) is 17.8 Å². The van der Waals surface area contributed by atoms with Gasteiger partial charge in [0, 0.05) is 35.4 Å². The van der Waals surface area contributed by atoms with Gasteiger partial charge >= 0.3 is 0 Å². The van der Waals surface area contributed by atoms with Gasteiger partial charge in [-0.2, -0.15) is 0 Å². The molecule has 1 aliphatic rings. The zero-order valence-corrected chi connectivity index (χ0v) is 17.5. The number of benzene rings is 1. The monoisotopic (exact) mass is 405 g/mol. The van der Waals surface area contributed by atoms with Crippen LogP contribution in [0.25, 0.3) is 0 Å². The second-order valence-electron chi connectivity index (χ2n) is 7.68. The molecule has 2 aromatic rings. The average molecular weight is 406 g/mol. The fourth-order valence-corrected chi connectivity index (χ4v) is 3.98. The van der Waals surface area contributed by atoms with E-state index in [0.29, 0.717) is 17.3 Å². The van der Waals surface area contributed by atoms with Crippen LogP contribution < -0.4 is 9.62 Å². The van der Waals surface area contributed by atoms with Gasteiger partial charge in [0.15, 0.2) is 0 Å². The average Bonchev–Trinajstić information content (AvgIpc) is 3.03. The molecule has 0 fully saturated rings. The van der Waals surface area contributed by atoms with Crippen LogP contribution in [0, 0.1) is 0 Å². The van der Waals surface area contributed by atoms with Crippen molar-refractivity contribution < 1.29 is 9.35 Å². The molecule has 1 aromatic carbocycles. The molecule has 0 spiro atoms. The molecule has 0 aliphatic carbocycles. The van der Waals surface area contributed by atoms with Gasteiger partial charge in [0.1, 0.15) is 9.90 Å². The SMILES string of the molecule is C[C@@H](N[S@+]([O-])C(C)(C)C)c1ccc2c(c1)CCN2C(=O)c1ccnc(Cl)c1. The van der Waals surface area contributed by atoms with Crippen LogP contribution in [0.4, 0.5) is 5.69 Å². The van der Waals surface area contributed by atoms with Crippen LogP contribution in [0.15, 0.2) is 36.5 Å². The van der Waals surface area contributed by atoms with Crippen molar-refractivity contribution in [3.05, 3.63) is 58.4 Å². The standard InChI is InChI=1S/C20H24ClN3O2S/c1-13(23-27(26)20(2,3)4)14-5-6-17-15(11-14)8-10-24(17)19(25)16-7-9-22-18(21)12-16/h5-7,9,11-13,23H,8,10H2,1-4H3/t13-,27-/m1/s1. The molecular weight excluding hydrogens is 382 g/mol. The molecule has 27 heavy (non-hydrogen) atoms. The minimum Gasteiger partial charge on any atom is -0.598 e. The van der Waals surface area contributed by atoms with E-state index in [4.69, 9.17) is 11.6 Å². The van der Waals surface area contributed by atoms with E-state index in [1.54, 1.807) is 23.2 Å². The fourth-order valence-electron chi connectivity index (χ4n) is 3.00. The van der Waals surface area contributed by atoms with Crippen LogP contribution in [0.5, 0.6) is 0 Å². The Balaban J connectivity index is 1.78. The lowest BCUT2D eigenvalue weighted by molar-refractivity contribution is 0.0989. The molecular formula is C20H24ClN3O2S. The van der Waals surface area contributed by atoms with E-state index in [9.17, 15) is 9.35 Å². The molecule has 2 atom stereocenters. The topological polar surface area (TPSA) is 68.3 Å². The first-order chi connectivity index (χ1) is 12.7. The summed E-state index contributed by atoms with van der Waals surface area (Å²) in [5.74, 6) is -0.0780. The van der Waals surface area contributed by atoms with Crippen molar-refractivity contribution in [2.24, 2.45) is 0 Å². The third kappa shape index (κ3) is 4.46. The molecule has 5 nitrogen and oxygen atoms in total. The van der Waals surface area contributed by atoms with Crippen molar-refractivity contribution >= 4 is 34.6 Å². The van der Waals surface area contributed by atoms with Crippen LogP contribution >= 0.6 is 11.6 Å². The number of hydrogen-bond acceptors (Lipinski definition) is 4. The summed E-state index contributed by atoms with van der Waals surface area (Å²) in [5.41, 5.74) is 3.63. The van der Waals surface area contributed by atoms with Crippen LogP contribution in [0.1, 0.15) is 55.2 Å². The number of anilines is 1. The molecule has 1 aromatic heterocycles. The van der Waals surface area contributed by atoms with Crippen molar-refractivity contribution in [1.82, 2.24) is 9.71 Å². The van der Waals surface area contributed by atoms with E-state index in [-0.39, 0.29) is 16.7 Å². The minimum absolute atomic E-state index is 0.0425. The molecule has 1 amide bonds. The Bertz CT molecular complexity index is 853. The van der Waals surface area contributed by atoms with Crippen molar-refractivity contribution in [3.8, 4) is 0 Å². The summed E-state index contributed by atoms with van der Waals surface area (Å²) in [6.45, 7) is 8.47. The van der Waals surface area contributed by atoms with Gasteiger partial charge in [-0.3, -0.25) is 4.79 Å². The molecule has 1 N–H and O–H groups in total. The molecule has 3 rings (SSSR count). The lowest BCUT2D eigenvalue weighted by Gasteiger charge is -2.26. The van der Waals surface area contributed by atoms with E-state index in [0.717, 1.165) is 23.2 Å². The molecule has 0 unspecified atom stereocenters. The number of rotatable bonds is 4. The smallest absolute Gasteiger partial charge is 0.258 e. The minimum atomic E-state index is -1.14. The number of halogens is 1. The lowest BCUT2D eigenvalue weighted by atomic mass is 10.0. The van der Waals surface area contributed by atoms with Gasteiger partial charge < -0.3 is 9.45 Å². The molecule has 144 valence electrons. The van der Waals surface area contributed by atoms with Gasteiger partial charge in [-0.15, -0.1) is 4.72 Å². The Morgan fingerprint density at radius 3 is 2.74 bits per heavy atom. The Labute approximate surface area is 168 Å². The Kier molecular flexibility index (Phi) is 5.82. The second kappa shape index (κ2) is 7.80. The lowest BCUT2D eigenvalue weighted by Crippen LogP contribution is -2.40. The largest absolute Gasteiger partial charge is 0.598 e. The Morgan fingerprint density at radius 2 is 2.07 bits per heavy atom. The summed E-state index contributed by atoms with van der Waals surface area (Å²) in [4.78, 5) is 18.5. The third-order valence-electron chi connectivity index (χ3n) is 4.56. The van der Waals surface area contributed by atoms with Crippen LogP contribution in [-0.4, -0.2) is 26.7 Å². The summed E-state index contributed by atoms with van der Waals surface area (Å²) in [6, 6.07) is 9.27. The van der Waals surface area contributed by atoms with Gasteiger partial charge in [-0.25, -0.2) is 4.98 Å². The van der Waals surface area contributed by atoms with E-state index in [2.05, 4.69) is 15.8 Å². The number of nitrogens with one attached hydrogen (secondary N) is 1. The van der Waals surface area contributed by atoms with Gasteiger partial charge in [0.05, 0.1) is 6.04 Å². The molecule has 0 saturated heterocycles. The predicted molar refractivity (Wildman–Crippen MR) is 111 cm³/mol. The normalized spacial score (nSPS) is 16.1. The molecule has 0 bridgehead atoms. The summed E-state index contributed by atoms with van der Waals surface area (Å²) in [6.07, 6.45) is 2.33. The summed E-state index contributed by atoms with van der Waals surface area (Å²) >= 11 is 4.77. The summed E-state index contributed by atoms with van der Waals surface area (Å²) in [5, 5.41) is 0.308. The van der Waals surface area contributed by atoms with Gasteiger partial charge in [-0.1, -0.05) is 23.7 Å². The van der Waals surface area contributed by atoms with Crippen LogP contribution in [0.3, 0.4) is 0 Å². The highest BCUT2D eigenvalue weighted by atomic mass is 35.5. The maximum absolute atomic E-state index is 12.8. The van der Waals surface area contributed by atoms with Gasteiger partial charge in [0.2, 0.25) is 0 Å². The molecule has 2 heterocycles. The van der Waals surface area contributed by atoms with Gasteiger partial charge in [-0.05, 0) is 63.4 Å². The molecule has 0 saturated carbocycles. The highest BCUT2D eigenvalue weighted by Gasteiger charge is 2.30. The highest BCUT2D eigenvalue weighted by Crippen LogP contribution is 2.32.